The molecule has 1 aromatic heterocycles. The van der Waals surface area contributed by atoms with Crippen molar-refractivity contribution in [3.05, 3.63) is 94.2 Å². The maximum absolute atomic E-state index is 13.5. The molecule has 0 fully saturated rings. The number of rotatable bonds is 4. The van der Waals surface area contributed by atoms with Crippen LogP contribution < -0.4 is 15.0 Å². The van der Waals surface area contributed by atoms with E-state index in [0.29, 0.717) is 21.3 Å². The van der Waals surface area contributed by atoms with Crippen molar-refractivity contribution in [3.63, 3.8) is 0 Å². The first-order valence-electron chi connectivity index (χ1n) is 9.42. The molecule has 0 saturated carbocycles. The second-order valence-corrected chi connectivity index (χ2v) is 9.12. The van der Waals surface area contributed by atoms with E-state index in [1.165, 1.54) is 0 Å². The van der Waals surface area contributed by atoms with Crippen LogP contribution in [0.25, 0.3) is 11.5 Å². The van der Waals surface area contributed by atoms with Crippen LogP contribution in [0.5, 0.6) is 0 Å². The Morgan fingerprint density at radius 1 is 0.967 bits per heavy atom. The number of thiocarbonyl (C=S) groups is 1. The number of para-hydroxylation sites is 1. The number of benzene rings is 2. The van der Waals surface area contributed by atoms with Gasteiger partial charge in [0.25, 0.3) is 0 Å². The molecule has 0 atom stereocenters. The van der Waals surface area contributed by atoms with Gasteiger partial charge in [0, 0.05) is 27.9 Å². The summed E-state index contributed by atoms with van der Waals surface area (Å²) in [6.45, 7) is 6.40. The van der Waals surface area contributed by atoms with Crippen LogP contribution in [-0.4, -0.2) is 4.99 Å². The van der Waals surface area contributed by atoms with Gasteiger partial charge in [0.2, 0.25) is 5.70 Å². The van der Waals surface area contributed by atoms with E-state index in [9.17, 15) is 5.11 Å². The average Bonchev–Trinajstić information content (AvgIpc) is 2.70. The Labute approximate surface area is 192 Å². The first-order valence-corrected chi connectivity index (χ1v) is 10.6. The summed E-state index contributed by atoms with van der Waals surface area (Å²) in [5.74, 6) is -0.315. The van der Waals surface area contributed by atoms with Gasteiger partial charge in [-0.05, 0) is 52.6 Å². The number of hydrogen-bond acceptors (Lipinski definition) is 2. The van der Waals surface area contributed by atoms with E-state index < -0.39 is 0 Å². The molecule has 2 aromatic carbocycles. The summed E-state index contributed by atoms with van der Waals surface area (Å²) in [4.78, 5) is 0.288. The molecule has 0 radical (unpaired) electrons. The summed E-state index contributed by atoms with van der Waals surface area (Å²) in [6.07, 6.45) is 3.68. The van der Waals surface area contributed by atoms with Crippen molar-refractivity contribution in [1.82, 2.24) is 0 Å². The molecule has 3 rings (SSSR count). The van der Waals surface area contributed by atoms with Gasteiger partial charge in [0.1, 0.15) is 0 Å². The van der Waals surface area contributed by atoms with Crippen molar-refractivity contribution in [1.29, 1.82) is 0 Å². The van der Waals surface area contributed by atoms with E-state index in [1.807, 2.05) is 54.9 Å². The molecular formula is C24H22Cl2N2OS. The van der Waals surface area contributed by atoms with Crippen LogP contribution >= 0.6 is 35.4 Å². The summed E-state index contributed by atoms with van der Waals surface area (Å²) in [5.41, 5.74) is 2.51. The molecular weight excluding hydrogens is 435 g/mol. The number of nitrogens with one attached hydrogen (secondary N) is 1. The van der Waals surface area contributed by atoms with E-state index in [-0.39, 0.29) is 16.2 Å². The Bertz CT molecular complexity index is 1090. The summed E-state index contributed by atoms with van der Waals surface area (Å²) in [5, 5.41) is 17.4. The van der Waals surface area contributed by atoms with Crippen LogP contribution in [0.1, 0.15) is 31.9 Å². The second kappa shape index (κ2) is 9.17. The quantitative estimate of drug-likeness (QED) is 0.236. The van der Waals surface area contributed by atoms with E-state index in [2.05, 4.69) is 26.1 Å². The topological polar surface area (TPSA) is 39.0 Å². The first-order chi connectivity index (χ1) is 14.2. The highest BCUT2D eigenvalue weighted by atomic mass is 35.5. The molecule has 0 unspecified atom stereocenters. The Kier molecular flexibility index (Phi) is 6.81. The molecule has 30 heavy (non-hydrogen) atoms. The highest BCUT2D eigenvalue weighted by molar-refractivity contribution is 7.81. The monoisotopic (exact) mass is 456 g/mol. The molecule has 0 saturated heterocycles. The zero-order valence-corrected chi connectivity index (χ0v) is 19.3. The van der Waals surface area contributed by atoms with Crippen LogP contribution in [0.15, 0.2) is 73.1 Å². The minimum atomic E-state index is -0.315. The zero-order chi connectivity index (χ0) is 21.9. The lowest BCUT2D eigenvalue weighted by Gasteiger charge is -2.20. The molecule has 154 valence electrons. The molecule has 6 heteroatoms. The van der Waals surface area contributed by atoms with Gasteiger partial charge in [-0.3, -0.25) is 0 Å². The molecule has 0 bridgehead atoms. The van der Waals surface area contributed by atoms with Gasteiger partial charge < -0.3 is 10.4 Å². The van der Waals surface area contributed by atoms with E-state index in [4.69, 9.17) is 35.4 Å². The number of hydrogen-bond donors (Lipinski definition) is 1. The Balaban J connectivity index is 2.13. The SMILES string of the molecule is CC(C)(C)c1cc[n+](C(C(=S)Nc2ccccc2)=C([O-])c2cc(Cl)ccc2Cl)cc1. The van der Waals surface area contributed by atoms with Crippen molar-refractivity contribution in [2.45, 2.75) is 26.2 Å². The third-order valence-corrected chi connectivity index (χ3v) is 5.45. The third kappa shape index (κ3) is 5.20. The van der Waals surface area contributed by atoms with Crippen LogP contribution in [-0.2, 0) is 5.41 Å². The van der Waals surface area contributed by atoms with Crippen molar-refractivity contribution in [3.8, 4) is 0 Å². The van der Waals surface area contributed by atoms with Crippen molar-refractivity contribution in [2.75, 3.05) is 5.32 Å². The molecule has 3 nitrogen and oxygen atoms in total. The van der Waals surface area contributed by atoms with Gasteiger partial charge in [-0.2, -0.15) is 4.57 Å². The summed E-state index contributed by atoms with van der Waals surface area (Å²) in [6, 6.07) is 18.2. The highest BCUT2D eigenvalue weighted by Gasteiger charge is 2.22. The first kappa shape index (κ1) is 22.3. The molecule has 0 aliphatic carbocycles. The average molecular weight is 457 g/mol. The van der Waals surface area contributed by atoms with Gasteiger partial charge in [0.05, 0.1) is 0 Å². The minimum Gasteiger partial charge on any atom is -0.867 e. The standard InChI is InChI=1S/C24H22Cl2N2OS/c1-24(2,3)16-11-13-28(14-12-16)21(23(30)27-18-7-5-4-6-8-18)22(29)19-15-17(25)9-10-20(19)26/h4-15H,1-3H3,(H-,27,29,30). The number of pyridine rings is 1. The molecule has 1 N–H and O–H groups in total. The summed E-state index contributed by atoms with van der Waals surface area (Å²) >= 11 is 18.1. The fourth-order valence-electron chi connectivity index (χ4n) is 2.92. The van der Waals surface area contributed by atoms with E-state index in [1.54, 1.807) is 22.8 Å². The Hall–Kier alpha value is -2.40. The zero-order valence-electron chi connectivity index (χ0n) is 16.9. The third-order valence-electron chi connectivity index (χ3n) is 4.59. The summed E-state index contributed by atoms with van der Waals surface area (Å²) < 4.78 is 1.72. The van der Waals surface area contributed by atoms with Gasteiger partial charge in [-0.1, -0.05) is 74.4 Å². The fourth-order valence-corrected chi connectivity index (χ4v) is 3.62. The Morgan fingerprint density at radius 2 is 1.60 bits per heavy atom. The van der Waals surface area contributed by atoms with Crippen molar-refractivity contribution >= 4 is 57.6 Å². The number of halogens is 2. The summed E-state index contributed by atoms with van der Waals surface area (Å²) in [7, 11) is 0. The predicted octanol–water partition coefficient (Wildman–Crippen LogP) is 5.70. The smallest absolute Gasteiger partial charge is 0.238 e. The van der Waals surface area contributed by atoms with Crippen LogP contribution in [0.4, 0.5) is 5.69 Å². The lowest BCUT2D eigenvalue weighted by molar-refractivity contribution is -0.577. The molecule has 0 amide bonds. The molecule has 1 heterocycles. The molecule has 0 aliphatic rings. The number of anilines is 1. The lowest BCUT2D eigenvalue weighted by atomic mass is 9.88. The fraction of sp³-hybridized carbons (Fsp3) is 0.167. The molecule has 0 spiro atoms. The lowest BCUT2D eigenvalue weighted by Crippen LogP contribution is -2.40. The van der Waals surface area contributed by atoms with Crippen LogP contribution in [0.3, 0.4) is 0 Å². The van der Waals surface area contributed by atoms with Crippen molar-refractivity contribution in [2.24, 2.45) is 0 Å². The van der Waals surface area contributed by atoms with Gasteiger partial charge >= 0.3 is 0 Å². The highest BCUT2D eigenvalue weighted by Crippen LogP contribution is 2.27. The van der Waals surface area contributed by atoms with Gasteiger partial charge in [-0.15, -0.1) is 0 Å². The predicted molar refractivity (Wildman–Crippen MR) is 128 cm³/mol. The number of nitrogens with zero attached hydrogens (tertiary/aromatic N) is 1. The van der Waals surface area contributed by atoms with Crippen molar-refractivity contribution < 1.29 is 9.67 Å². The van der Waals surface area contributed by atoms with Crippen LogP contribution in [0, 0.1) is 0 Å². The van der Waals surface area contributed by atoms with Gasteiger partial charge in [0.15, 0.2) is 17.4 Å². The number of aromatic nitrogens is 1. The maximum atomic E-state index is 13.5. The van der Waals surface area contributed by atoms with E-state index >= 15 is 0 Å². The van der Waals surface area contributed by atoms with Crippen LogP contribution in [0.2, 0.25) is 10.0 Å². The molecule has 3 aromatic rings. The minimum absolute atomic E-state index is 0.0116. The molecule has 0 aliphatic heterocycles. The normalized spacial score (nSPS) is 12.3. The maximum Gasteiger partial charge on any atom is 0.238 e. The second-order valence-electron chi connectivity index (χ2n) is 7.87. The van der Waals surface area contributed by atoms with E-state index in [0.717, 1.165) is 11.3 Å². The largest absolute Gasteiger partial charge is 0.867 e. The Morgan fingerprint density at radius 3 is 2.20 bits per heavy atom. The van der Waals surface area contributed by atoms with Gasteiger partial charge in [-0.25, -0.2) is 0 Å².